The van der Waals surface area contributed by atoms with Crippen molar-refractivity contribution in [2.75, 3.05) is 11.9 Å². The lowest BCUT2D eigenvalue weighted by atomic mass is 9.96. The molecule has 5 heteroatoms. The first-order chi connectivity index (χ1) is 12.4. The van der Waals surface area contributed by atoms with E-state index in [-0.39, 0.29) is 6.54 Å². The van der Waals surface area contributed by atoms with E-state index < -0.39 is 17.4 Å². The van der Waals surface area contributed by atoms with Crippen LogP contribution in [0.15, 0.2) is 48.5 Å². The molecule has 0 radical (unpaired) electrons. The van der Waals surface area contributed by atoms with Crippen LogP contribution in [0, 0.1) is 0 Å². The molecule has 3 N–H and O–H groups in total. The van der Waals surface area contributed by atoms with Crippen molar-refractivity contribution in [3.63, 3.8) is 0 Å². The second-order valence-corrected chi connectivity index (χ2v) is 7.10. The summed E-state index contributed by atoms with van der Waals surface area (Å²) in [6.45, 7) is 4.20. The number of hydrogen-bond donors (Lipinski definition) is 3. The Morgan fingerprint density at radius 1 is 1.08 bits per heavy atom. The molecule has 3 rings (SSSR count). The Labute approximate surface area is 153 Å². The van der Waals surface area contributed by atoms with Crippen molar-refractivity contribution in [2.24, 2.45) is 0 Å². The zero-order valence-electron chi connectivity index (χ0n) is 15.1. The summed E-state index contributed by atoms with van der Waals surface area (Å²) in [5.74, 6) is -1.09. The number of nitrogens with one attached hydrogen (secondary N) is 2. The first kappa shape index (κ1) is 18.1. The van der Waals surface area contributed by atoms with Gasteiger partial charge in [0.2, 0.25) is 0 Å². The Kier molecular flexibility index (Phi) is 5.09. The van der Waals surface area contributed by atoms with E-state index in [2.05, 4.69) is 24.5 Å². The van der Waals surface area contributed by atoms with E-state index in [9.17, 15) is 14.7 Å². The van der Waals surface area contributed by atoms with Crippen LogP contribution in [-0.4, -0.2) is 23.5 Å². The first-order valence-electron chi connectivity index (χ1n) is 8.89. The molecule has 2 aromatic rings. The Morgan fingerprint density at radius 3 is 2.46 bits per heavy atom. The molecule has 1 atom stereocenters. The molecule has 136 valence electrons. The molecule has 0 heterocycles. The van der Waals surface area contributed by atoms with Crippen molar-refractivity contribution in [2.45, 2.75) is 38.2 Å². The van der Waals surface area contributed by atoms with Crippen LogP contribution >= 0.6 is 0 Å². The second kappa shape index (κ2) is 7.30. The quantitative estimate of drug-likeness (QED) is 0.740. The largest absolute Gasteiger partial charge is 0.383 e. The third-order valence-electron chi connectivity index (χ3n) is 4.91. The Balaban J connectivity index is 1.57. The van der Waals surface area contributed by atoms with Crippen molar-refractivity contribution < 1.29 is 14.7 Å². The highest BCUT2D eigenvalue weighted by Crippen LogP contribution is 2.36. The van der Waals surface area contributed by atoms with Gasteiger partial charge < -0.3 is 15.7 Å². The Hall–Kier alpha value is -2.66. The topological polar surface area (TPSA) is 78.4 Å². The minimum Gasteiger partial charge on any atom is -0.383 e. The fourth-order valence-electron chi connectivity index (χ4n) is 3.30. The van der Waals surface area contributed by atoms with Gasteiger partial charge in [-0.1, -0.05) is 50.2 Å². The number of rotatable bonds is 4. The van der Waals surface area contributed by atoms with Crippen LogP contribution in [0.5, 0.6) is 0 Å². The lowest BCUT2D eigenvalue weighted by molar-refractivity contribution is -0.136. The summed E-state index contributed by atoms with van der Waals surface area (Å²) in [6, 6.07) is 15.0. The molecule has 2 amide bonds. The van der Waals surface area contributed by atoms with E-state index in [1.165, 1.54) is 0 Å². The van der Waals surface area contributed by atoms with E-state index in [1.54, 1.807) is 12.1 Å². The predicted molar refractivity (Wildman–Crippen MR) is 101 cm³/mol. The molecule has 0 spiro atoms. The van der Waals surface area contributed by atoms with Gasteiger partial charge in [0.1, 0.15) is 5.60 Å². The van der Waals surface area contributed by atoms with Crippen molar-refractivity contribution in [1.29, 1.82) is 0 Å². The van der Waals surface area contributed by atoms with E-state index in [0.29, 0.717) is 18.0 Å². The van der Waals surface area contributed by atoms with E-state index in [1.807, 2.05) is 36.4 Å². The summed E-state index contributed by atoms with van der Waals surface area (Å²) < 4.78 is 0. The molecule has 1 aliphatic carbocycles. The third-order valence-corrected chi connectivity index (χ3v) is 4.91. The van der Waals surface area contributed by atoms with Gasteiger partial charge in [-0.05, 0) is 47.6 Å². The maximum Gasteiger partial charge on any atom is 0.313 e. The SMILES string of the molecule is CC(C)c1ccc(NC(=O)C(=O)NCC2(O)CCc3ccccc32)cc1. The van der Waals surface area contributed by atoms with Gasteiger partial charge in [-0.3, -0.25) is 9.59 Å². The number of hydrogen-bond acceptors (Lipinski definition) is 3. The number of anilines is 1. The molecule has 2 aromatic carbocycles. The molecular formula is C21H24N2O3. The van der Waals surface area contributed by atoms with Gasteiger partial charge in [0, 0.05) is 5.69 Å². The molecular weight excluding hydrogens is 328 g/mol. The van der Waals surface area contributed by atoms with Crippen molar-refractivity contribution in [1.82, 2.24) is 5.32 Å². The fourth-order valence-corrected chi connectivity index (χ4v) is 3.30. The number of carbonyl (C=O) groups is 2. The second-order valence-electron chi connectivity index (χ2n) is 7.10. The van der Waals surface area contributed by atoms with E-state index in [4.69, 9.17) is 0 Å². The third kappa shape index (κ3) is 3.78. The minimum absolute atomic E-state index is 0.0164. The fraction of sp³-hybridized carbons (Fsp3) is 0.333. The van der Waals surface area contributed by atoms with Crippen molar-refractivity contribution in [3.05, 3.63) is 65.2 Å². The van der Waals surface area contributed by atoms with Crippen molar-refractivity contribution in [3.8, 4) is 0 Å². The molecule has 1 unspecified atom stereocenters. The summed E-state index contributed by atoms with van der Waals surface area (Å²) in [6.07, 6.45) is 1.29. The predicted octanol–water partition coefficient (Wildman–Crippen LogP) is 2.70. The zero-order chi connectivity index (χ0) is 18.7. The monoisotopic (exact) mass is 352 g/mol. The number of carbonyl (C=O) groups excluding carboxylic acids is 2. The van der Waals surface area contributed by atoms with Gasteiger partial charge in [-0.15, -0.1) is 0 Å². The standard InChI is InChI=1S/C21H24N2O3/c1-14(2)15-7-9-17(10-8-15)23-20(25)19(24)22-13-21(26)12-11-16-5-3-4-6-18(16)21/h3-10,14,26H,11-13H2,1-2H3,(H,22,24)(H,23,25). The molecule has 5 nitrogen and oxygen atoms in total. The zero-order valence-corrected chi connectivity index (χ0v) is 15.1. The maximum atomic E-state index is 12.1. The minimum atomic E-state index is -1.12. The maximum absolute atomic E-state index is 12.1. The normalized spacial score (nSPS) is 18.5. The lowest BCUT2D eigenvalue weighted by Crippen LogP contribution is -2.43. The molecule has 0 fully saturated rings. The van der Waals surface area contributed by atoms with E-state index >= 15 is 0 Å². The van der Waals surface area contributed by atoms with Gasteiger partial charge in [0.25, 0.3) is 0 Å². The molecule has 0 saturated carbocycles. The van der Waals surface area contributed by atoms with Gasteiger partial charge >= 0.3 is 11.8 Å². The Morgan fingerprint density at radius 2 is 1.77 bits per heavy atom. The summed E-state index contributed by atoms with van der Waals surface area (Å²) >= 11 is 0. The van der Waals surface area contributed by atoms with Gasteiger partial charge in [0.15, 0.2) is 0 Å². The summed E-state index contributed by atoms with van der Waals surface area (Å²) in [4.78, 5) is 24.2. The van der Waals surface area contributed by atoms with Crippen LogP contribution in [0.4, 0.5) is 5.69 Å². The average molecular weight is 352 g/mol. The number of fused-ring (bicyclic) bond motifs is 1. The highest BCUT2D eigenvalue weighted by atomic mass is 16.3. The summed E-state index contributed by atoms with van der Waals surface area (Å²) in [5, 5.41) is 15.9. The number of aryl methyl sites for hydroxylation is 1. The van der Waals surface area contributed by atoms with Crippen LogP contribution in [0.1, 0.15) is 42.9 Å². The number of benzene rings is 2. The van der Waals surface area contributed by atoms with Gasteiger partial charge in [0.05, 0.1) is 6.54 Å². The van der Waals surface area contributed by atoms with E-state index in [0.717, 1.165) is 23.1 Å². The Bertz CT molecular complexity index is 814. The smallest absolute Gasteiger partial charge is 0.313 e. The highest BCUT2D eigenvalue weighted by molar-refractivity contribution is 6.39. The van der Waals surface area contributed by atoms with Crippen LogP contribution in [0.2, 0.25) is 0 Å². The average Bonchev–Trinajstić information content (AvgIpc) is 2.98. The molecule has 26 heavy (non-hydrogen) atoms. The van der Waals surface area contributed by atoms with Gasteiger partial charge in [-0.25, -0.2) is 0 Å². The molecule has 0 saturated heterocycles. The first-order valence-corrected chi connectivity index (χ1v) is 8.89. The molecule has 0 aliphatic heterocycles. The lowest BCUT2D eigenvalue weighted by Gasteiger charge is -2.24. The van der Waals surface area contributed by atoms with Crippen LogP contribution in [-0.2, 0) is 21.6 Å². The van der Waals surface area contributed by atoms with Gasteiger partial charge in [-0.2, -0.15) is 0 Å². The summed E-state index contributed by atoms with van der Waals surface area (Å²) in [5.41, 5.74) is 2.52. The molecule has 0 aromatic heterocycles. The van der Waals surface area contributed by atoms with Crippen LogP contribution in [0.25, 0.3) is 0 Å². The molecule has 1 aliphatic rings. The summed E-state index contributed by atoms with van der Waals surface area (Å²) in [7, 11) is 0. The number of aliphatic hydroxyl groups is 1. The van der Waals surface area contributed by atoms with Crippen LogP contribution < -0.4 is 10.6 Å². The van der Waals surface area contributed by atoms with Crippen LogP contribution in [0.3, 0.4) is 0 Å². The highest BCUT2D eigenvalue weighted by Gasteiger charge is 2.37. The number of amides is 2. The molecule has 0 bridgehead atoms. The van der Waals surface area contributed by atoms with Crippen molar-refractivity contribution >= 4 is 17.5 Å².